The van der Waals surface area contributed by atoms with Crippen LogP contribution in [0.25, 0.3) is 5.57 Å². The third-order valence-corrected chi connectivity index (χ3v) is 3.78. The zero-order chi connectivity index (χ0) is 13.1. The average molecular weight is 371 g/mol. The van der Waals surface area contributed by atoms with Gasteiger partial charge < -0.3 is 0 Å². The lowest BCUT2D eigenvalue weighted by atomic mass is 10.0. The van der Waals surface area contributed by atoms with E-state index in [-0.39, 0.29) is 5.82 Å². The minimum absolute atomic E-state index is 0.256. The molecule has 0 unspecified atom stereocenters. The summed E-state index contributed by atoms with van der Waals surface area (Å²) >= 11 is 6.86. The summed E-state index contributed by atoms with van der Waals surface area (Å²) in [7, 11) is 0. The fourth-order valence-corrected chi connectivity index (χ4v) is 2.50. The maximum atomic E-state index is 12.9. The van der Waals surface area contributed by atoms with Gasteiger partial charge in [0, 0.05) is 21.6 Å². The van der Waals surface area contributed by atoms with E-state index in [9.17, 15) is 4.39 Å². The van der Waals surface area contributed by atoms with Gasteiger partial charge in [-0.3, -0.25) is 4.98 Å². The molecule has 0 saturated carbocycles. The molecule has 0 aliphatic carbocycles. The number of halogens is 3. The Kier molecular flexibility index (Phi) is 4.30. The molecule has 1 aromatic carbocycles. The summed E-state index contributed by atoms with van der Waals surface area (Å²) < 4.78 is 13.8. The van der Waals surface area contributed by atoms with Crippen molar-refractivity contribution in [3.05, 3.63) is 70.2 Å². The Bertz CT molecular complexity index is 579. The van der Waals surface area contributed by atoms with Crippen molar-refractivity contribution in [3.63, 3.8) is 0 Å². The predicted octanol–water partition coefficient (Wildman–Crippen LogP) is 4.94. The quantitative estimate of drug-likeness (QED) is 0.697. The van der Waals surface area contributed by atoms with Crippen LogP contribution >= 0.6 is 31.9 Å². The molecule has 2 aromatic rings. The third kappa shape index (κ3) is 2.87. The largest absolute Gasteiger partial charge is 0.255 e. The van der Waals surface area contributed by atoms with Gasteiger partial charge in [-0.15, -0.1) is 0 Å². The molecule has 0 aliphatic rings. The van der Waals surface area contributed by atoms with Crippen molar-refractivity contribution in [1.82, 2.24) is 4.98 Å². The predicted molar refractivity (Wildman–Crippen MR) is 79.1 cm³/mol. The summed E-state index contributed by atoms with van der Waals surface area (Å²) in [5, 5.41) is 0.752. The van der Waals surface area contributed by atoms with Crippen LogP contribution in [0.3, 0.4) is 0 Å². The first-order valence-corrected chi connectivity index (χ1v) is 7.19. The van der Waals surface area contributed by atoms with Crippen LogP contribution in [0.2, 0.25) is 0 Å². The van der Waals surface area contributed by atoms with Gasteiger partial charge in [0.15, 0.2) is 0 Å². The van der Waals surface area contributed by atoms with Crippen LogP contribution in [0.15, 0.2) is 47.6 Å². The Morgan fingerprint density at radius 3 is 2.50 bits per heavy atom. The molecule has 4 heteroatoms. The van der Waals surface area contributed by atoms with Crippen LogP contribution in [0, 0.1) is 5.82 Å². The zero-order valence-corrected chi connectivity index (χ0v) is 12.6. The zero-order valence-electron chi connectivity index (χ0n) is 9.46. The van der Waals surface area contributed by atoms with E-state index in [4.69, 9.17) is 0 Å². The Hall–Kier alpha value is -1.00. The van der Waals surface area contributed by atoms with Crippen molar-refractivity contribution < 1.29 is 4.39 Å². The van der Waals surface area contributed by atoms with E-state index in [0.717, 1.165) is 32.2 Å². The maximum absolute atomic E-state index is 12.9. The highest BCUT2D eigenvalue weighted by Gasteiger charge is 2.09. The molecule has 1 aromatic heterocycles. The van der Waals surface area contributed by atoms with Crippen molar-refractivity contribution in [2.45, 2.75) is 5.33 Å². The highest BCUT2D eigenvalue weighted by Crippen LogP contribution is 2.27. The van der Waals surface area contributed by atoms with Crippen LogP contribution in [0.1, 0.15) is 16.8 Å². The molecule has 0 amide bonds. The Morgan fingerprint density at radius 2 is 1.94 bits per heavy atom. The monoisotopic (exact) mass is 369 g/mol. The first-order valence-electron chi connectivity index (χ1n) is 5.27. The number of aromatic nitrogens is 1. The summed E-state index contributed by atoms with van der Waals surface area (Å²) in [4.78, 5) is 4.38. The molecule has 0 radical (unpaired) electrons. The minimum Gasteiger partial charge on any atom is -0.255 e. The van der Waals surface area contributed by atoms with Gasteiger partial charge in [-0.1, -0.05) is 34.6 Å². The maximum Gasteiger partial charge on any atom is 0.123 e. The molecule has 18 heavy (non-hydrogen) atoms. The average Bonchev–Trinajstić information content (AvgIpc) is 2.38. The molecule has 1 heterocycles. The van der Waals surface area contributed by atoms with Crippen molar-refractivity contribution in [3.8, 4) is 0 Å². The molecule has 0 saturated heterocycles. The van der Waals surface area contributed by atoms with E-state index in [1.807, 2.05) is 6.07 Å². The third-order valence-electron chi connectivity index (χ3n) is 2.53. The van der Waals surface area contributed by atoms with Gasteiger partial charge in [-0.2, -0.15) is 0 Å². The van der Waals surface area contributed by atoms with Crippen LogP contribution in [-0.4, -0.2) is 4.98 Å². The van der Waals surface area contributed by atoms with Crippen molar-refractivity contribution in [2.75, 3.05) is 0 Å². The Labute approximate surface area is 122 Å². The Balaban J connectivity index is 2.37. The number of hydrogen-bond donors (Lipinski definition) is 0. The number of alkyl halides is 1. The topological polar surface area (TPSA) is 12.9 Å². The SMILES string of the molecule is C=C(c1ccc(F)cc1)c1ncc(CBr)cc1Br. The molecule has 0 fully saturated rings. The molecule has 1 nitrogen and oxygen atoms in total. The van der Waals surface area contributed by atoms with E-state index >= 15 is 0 Å². The van der Waals surface area contributed by atoms with Gasteiger partial charge in [0.25, 0.3) is 0 Å². The molecule has 0 bridgehead atoms. The molecule has 0 aliphatic heterocycles. The molecular formula is C14H10Br2FN. The van der Waals surface area contributed by atoms with Gasteiger partial charge in [0.1, 0.15) is 5.82 Å². The normalized spacial score (nSPS) is 10.4. The summed E-state index contributed by atoms with van der Waals surface area (Å²) in [6.07, 6.45) is 1.80. The lowest BCUT2D eigenvalue weighted by Gasteiger charge is -2.08. The number of rotatable bonds is 3. The summed E-state index contributed by atoms with van der Waals surface area (Å²) in [5.41, 5.74) is 3.48. The minimum atomic E-state index is -0.256. The second-order valence-electron chi connectivity index (χ2n) is 3.79. The van der Waals surface area contributed by atoms with Crippen LogP contribution in [0.5, 0.6) is 0 Å². The van der Waals surface area contributed by atoms with Crippen molar-refractivity contribution >= 4 is 37.4 Å². The molecule has 0 atom stereocenters. The van der Waals surface area contributed by atoms with Gasteiger partial charge in [0.2, 0.25) is 0 Å². The van der Waals surface area contributed by atoms with Gasteiger partial charge >= 0.3 is 0 Å². The van der Waals surface area contributed by atoms with Crippen LogP contribution in [-0.2, 0) is 5.33 Å². The van der Waals surface area contributed by atoms with Gasteiger partial charge in [0.05, 0.1) is 5.69 Å². The second-order valence-corrected chi connectivity index (χ2v) is 5.21. The van der Waals surface area contributed by atoms with Crippen LogP contribution < -0.4 is 0 Å². The van der Waals surface area contributed by atoms with E-state index in [1.165, 1.54) is 12.1 Å². The van der Waals surface area contributed by atoms with E-state index in [1.54, 1.807) is 18.3 Å². The van der Waals surface area contributed by atoms with Crippen LogP contribution in [0.4, 0.5) is 4.39 Å². The number of nitrogens with zero attached hydrogens (tertiary/aromatic N) is 1. The van der Waals surface area contributed by atoms with Gasteiger partial charge in [-0.05, 0) is 45.3 Å². The molecular weight excluding hydrogens is 361 g/mol. The van der Waals surface area contributed by atoms with E-state index < -0.39 is 0 Å². The smallest absolute Gasteiger partial charge is 0.123 e. The first kappa shape index (κ1) is 13.4. The molecule has 92 valence electrons. The lowest BCUT2D eigenvalue weighted by Crippen LogP contribution is -1.94. The van der Waals surface area contributed by atoms with Crippen molar-refractivity contribution in [1.29, 1.82) is 0 Å². The van der Waals surface area contributed by atoms with E-state index in [0.29, 0.717) is 0 Å². The van der Waals surface area contributed by atoms with Crippen molar-refractivity contribution in [2.24, 2.45) is 0 Å². The van der Waals surface area contributed by atoms with E-state index in [2.05, 4.69) is 43.4 Å². The summed E-state index contributed by atoms with van der Waals surface area (Å²) in [6, 6.07) is 8.22. The van der Waals surface area contributed by atoms with Gasteiger partial charge in [-0.25, -0.2) is 4.39 Å². The molecule has 0 spiro atoms. The molecule has 2 rings (SSSR count). The number of benzene rings is 1. The lowest BCUT2D eigenvalue weighted by molar-refractivity contribution is 0.627. The summed E-state index contributed by atoms with van der Waals surface area (Å²) in [6.45, 7) is 4.01. The fourth-order valence-electron chi connectivity index (χ4n) is 1.56. The molecule has 0 N–H and O–H groups in total. The second kappa shape index (κ2) is 5.76. The fraction of sp³-hybridized carbons (Fsp3) is 0.0714. The highest BCUT2D eigenvalue weighted by atomic mass is 79.9. The Morgan fingerprint density at radius 1 is 1.28 bits per heavy atom. The first-order chi connectivity index (χ1) is 8.61. The number of hydrogen-bond acceptors (Lipinski definition) is 1. The standard InChI is InChI=1S/C14H10Br2FN/c1-9(11-2-4-12(17)5-3-11)14-13(16)6-10(7-15)8-18-14/h2-6,8H,1,7H2. The summed E-state index contributed by atoms with van der Waals surface area (Å²) in [5.74, 6) is -0.256. The highest BCUT2D eigenvalue weighted by molar-refractivity contribution is 9.10. The number of pyridine rings is 1.